The van der Waals surface area contributed by atoms with Crippen LogP contribution in [0.25, 0.3) is 0 Å². The van der Waals surface area contributed by atoms with Crippen LogP contribution in [0.3, 0.4) is 0 Å². The SMILES string of the molecule is CC(C)C1CN(C)C(=O)C1(C)C. The molecule has 2 nitrogen and oxygen atoms in total. The van der Waals surface area contributed by atoms with Gasteiger partial charge in [0.05, 0.1) is 0 Å². The molecule has 1 fully saturated rings. The zero-order valence-electron chi connectivity index (χ0n) is 8.72. The summed E-state index contributed by atoms with van der Waals surface area (Å²) in [5.74, 6) is 1.39. The summed E-state index contributed by atoms with van der Waals surface area (Å²) in [6.07, 6.45) is 0. The third-order valence-electron chi connectivity index (χ3n) is 3.10. The minimum atomic E-state index is -0.150. The van der Waals surface area contributed by atoms with Gasteiger partial charge in [0.25, 0.3) is 0 Å². The molecule has 1 aliphatic heterocycles. The fraction of sp³-hybridized carbons (Fsp3) is 0.900. The fourth-order valence-electron chi connectivity index (χ4n) is 2.30. The van der Waals surface area contributed by atoms with E-state index in [1.807, 2.05) is 11.9 Å². The molecule has 1 heterocycles. The summed E-state index contributed by atoms with van der Waals surface area (Å²) in [5, 5.41) is 0. The van der Waals surface area contributed by atoms with Crippen molar-refractivity contribution < 1.29 is 4.79 Å². The van der Waals surface area contributed by atoms with Crippen LogP contribution in [0, 0.1) is 17.3 Å². The number of carbonyl (C=O) groups is 1. The van der Waals surface area contributed by atoms with Crippen LogP contribution in [-0.2, 0) is 4.79 Å². The van der Waals surface area contributed by atoms with Gasteiger partial charge in [-0.2, -0.15) is 0 Å². The highest BCUT2D eigenvalue weighted by molar-refractivity contribution is 5.84. The van der Waals surface area contributed by atoms with Crippen molar-refractivity contribution in [3.8, 4) is 0 Å². The summed E-state index contributed by atoms with van der Waals surface area (Å²) in [6, 6.07) is 0. The van der Waals surface area contributed by atoms with Crippen LogP contribution in [0.15, 0.2) is 0 Å². The smallest absolute Gasteiger partial charge is 0.228 e. The molecule has 0 bridgehead atoms. The first-order chi connectivity index (χ1) is 5.37. The molecule has 1 saturated heterocycles. The van der Waals surface area contributed by atoms with E-state index in [4.69, 9.17) is 0 Å². The lowest BCUT2D eigenvalue weighted by Crippen LogP contribution is -2.31. The normalized spacial score (nSPS) is 28.7. The lowest BCUT2D eigenvalue weighted by molar-refractivity contribution is -0.134. The number of carbonyl (C=O) groups excluding carboxylic acids is 1. The molecule has 1 unspecified atom stereocenters. The minimum Gasteiger partial charge on any atom is -0.345 e. The van der Waals surface area contributed by atoms with Crippen LogP contribution in [0.1, 0.15) is 27.7 Å². The number of rotatable bonds is 1. The number of nitrogens with zero attached hydrogens (tertiary/aromatic N) is 1. The Balaban J connectivity index is 2.87. The zero-order valence-corrected chi connectivity index (χ0v) is 8.72. The van der Waals surface area contributed by atoms with Gasteiger partial charge in [-0.25, -0.2) is 0 Å². The van der Waals surface area contributed by atoms with Crippen molar-refractivity contribution in [1.82, 2.24) is 4.90 Å². The van der Waals surface area contributed by atoms with Gasteiger partial charge < -0.3 is 4.90 Å². The molecule has 70 valence electrons. The van der Waals surface area contributed by atoms with E-state index in [1.165, 1.54) is 0 Å². The molecule has 12 heavy (non-hydrogen) atoms. The lowest BCUT2D eigenvalue weighted by atomic mass is 9.75. The summed E-state index contributed by atoms with van der Waals surface area (Å²) in [6.45, 7) is 9.42. The van der Waals surface area contributed by atoms with Crippen molar-refractivity contribution in [2.45, 2.75) is 27.7 Å². The highest BCUT2D eigenvalue weighted by Crippen LogP contribution is 2.39. The molecule has 1 aliphatic rings. The molecule has 0 aromatic rings. The summed E-state index contributed by atoms with van der Waals surface area (Å²) in [7, 11) is 1.90. The maximum Gasteiger partial charge on any atom is 0.228 e. The highest BCUT2D eigenvalue weighted by atomic mass is 16.2. The van der Waals surface area contributed by atoms with E-state index in [2.05, 4.69) is 27.7 Å². The predicted molar refractivity (Wildman–Crippen MR) is 49.7 cm³/mol. The molecule has 0 spiro atoms. The Bertz CT molecular complexity index is 196. The summed E-state index contributed by atoms with van der Waals surface area (Å²) in [4.78, 5) is 13.5. The Labute approximate surface area is 74.9 Å². The second-order valence-electron chi connectivity index (χ2n) is 4.76. The van der Waals surface area contributed by atoms with Gasteiger partial charge in [-0.1, -0.05) is 27.7 Å². The molecule has 1 atom stereocenters. The van der Waals surface area contributed by atoms with Gasteiger partial charge >= 0.3 is 0 Å². The first-order valence-electron chi connectivity index (χ1n) is 4.63. The number of hydrogen-bond donors (Lipinski definition) is 0. The van der Waals surface area contributed by atoms with Crippen molar-refractivity contribution >= 4 is 5.91 Å². The second-order valence-corrected chi connectivity index (χ2v) is 4.76. The molecule has 2 heteroatoms. The third kappa shape index (κ3) is 1.23. The van der Waals surface area contributed by atoms with Crippen LogP contribution in [0.5, 0.6) is 0 Å². The van der Waals surface area contributed by atoms with E-state index >= 15 is 0 Å². The van der Waals surface area contributed by atoms with Crippen LogP contribution < -0.4 is 0 Å². The Kier molecular flexibility index (Phi) is 2.19. The van der Waals surface area contributed by atoms with Crippen LogP contribution in [0.2, 0.25) is 0 Å². The highest BCUT2D eigenvalue weighted by Gasteiger charge is 2.46. The maximum atomic E-state index is 11.7. The van der Waals surface area contributed by atoms with Crippen LogP contribution >= 0.6 is 0 Å². The Morgan fingerprint density at radius 3 is 2.17 bits per heavy atom. The van der Waals surface area contributed by atoms with E-state index in [1.54, 1.807) is 0 Å². The lowest BCUT2D eigenvalue weighted by Gasteiger charge is -2.26. The summed E-state index contributed by atoms with van der Waals surface area (Å²) in [5.41, 5.74) is -0.150. The standard InChI is InChI=1S/C10H19NO/c1-7(2)8-6-11(5)9(12)10(8,3)4/h7-8H,6H2,1-5H3. The Hall–Kier alpha value is -0.530. The topological polar surface area (TPSA) is 20.3 Å². The summed E-state index contributed by atoms with van der Waals surface area (Å²) >= 11 is 0. The molecule has 0 N–H and O–H groups in total. The van der Waals surface area contributed by atoms with Crippen molar-refractivity contribution in [3.05, 3.63) is 0 Å². The van der Waals surface area contributed by atoms with Crippen LogP contribution in [-0.4, -0.2) is 24.4 Å². The minimum absolute atomic E-state index is 0.150. The molecule has 1 amide bonds. The predicted octanol–water partition coefficient (Wildman–Crippen LogP) is 1.76. The molecular formula is C10H19NO. The Morgan fingerprint density at radius 2 is 2.00 bits per heavy atom. The van der Waals surface area contributed by atoms with Gasteiger partial charge in [-0.05, 0) is 11.8 Å². The largest absolute Gasteiger partial charge is 0.345 e. The number of likely N-dealkylation sites (tertiary alicyclic amines) is 1. The van der Waals surface area contributed by atoms with Gasteiger partial charge in [0.1, 0.15) is 0 Å². The molecular weight excluding hydrogens is 150 g/mol. The molecule has 0 saturated carbocycles. The third-order valence-corrected chi connectivity index (χ3v) is 3.10. The van der Waals surface area contributed by atoms with E-state index in [9.17, 15) is 4.79 Å². The average molecular weight is 169 g/mol. The molecule has 0 aromatic heterocycles. The van der Waals surface area contributed by atoms with Gasteiger partial charge in [-0.15, -0.1) is 0 Å². The van der Waals surface area contributed by atoms with Crippen LogP contribution in [0.4, 0.5) is 0 Å². The first-order valence-corrected chi connectivity index (χ1v) is 4.63. The van der Waals surface area contributed by atoms with E-state index in [0.717, 1.165) is 6.54 Å². The van der Waals surface area contributed by atoms with E-state index < -0.39 is 0 Å². The van der Waals surface area contributed by atoms with Crippen molar-refractivity contribution in [1.29, 1.82) is 0 Å². The molecule has 0 aliphatic carbocycles. The van der Waals surface area contributed by atoms with Gasteiger partial charge in [0.15, 0.2) is 0 Å². The van der Waals surface area contributed by atoms with Crippen molar-refractivity contribution in [3.63, 3.8) is 0 Å². The number of amides is 1. The Morgan fingerprint density at radius 1 is 1.50 bits per heavy atom. The zero-order chi connectivity index (χ0) is 9.52. The average Bonchev–Trinajstić information content (AvgIpc) is 2.13. The first kappa shape index (κ1) is 9.56. The number of hydrogen-bond acceptors (Lipinski definition) is 1. The van der Waals surface area contributed by atoms with E-state index in [0.29, 0.717) is 17.7 Å². The van der Waals surface area contributed by atoms with Gasteiger partial charge in [-0.3, -0.25) is 4.79 Å². The molecule has 1 rings (SSSR count). The fourth-order valence-corrected chi connectivity index (χ4v) is 2.30. The molecule has 0 radical (unpaired) electrons. The monoisotopic (exact) mass is 169 g/mol. The maximum absolute atomic E-state index is 11.7. The van der Waals surface area contributed by atoms with Gasteiger partial charge in [0, 0.05) is 19.0 Å². The molecule has 0 aromatic carbocycles. The second kappa shape index (κ2) is 2.75. The van der Waals surface area contributed by atoms with E-state index in [-0.39, 0.29) is 5.41 Å². The summed E-state index contributed by atoms with van der Waals surface area (Å²) < 4.78 is 0. The quantitative estimate of drug-likeness (QED) is 0.585. The van der Waals surface area contributed by atoms with Crippen molar-refractivity contribution in [2.24, 2.45) is 17.3 Å². The van der Waals surface area contributed by atoms with Gasteiger partial charge in [0.2, 0.25) is 5.91 Å². The van der Waals surface area contributed by atoms with Crippen molar-refractivity contribution in [2.75, 3.05) is 13.6 Å².